The fourth-order valence-corrected chi connectivity index (χ4v) is 2.36. The first kappa shape index (κ1) is 12.4. The van der Waals surface area contributed by atoms with Crippen LogP contribution >= 0.6 is 15.9 Å². The van der Waals surface area contributed by atoms with Gasteiger partial charge in [0.1, 0.15) is 5.82 Å². The van der Waals surface area contributed by atoms with Gasteiger partial charge in [-0.3, -0.25) is 4.72 Å². The Kier molecular flexibility index (Phi) is 4.06. The molecular formula is C8H9BrFNO3S. The van der Waals surface area contributed by atoms with Crippen molar-refractivity contribution >= 4 is 31.6 Å². The van der Waals surface area contributed by atoms with Crippen LogP contribution in [0.15, 0.2) is 22.7 Å². The molecule has 7 heteroatoms. The minimum absolute atomic E-state index is 0.147. The Morgan fingerprint density at radius 1 is 1.47 bits per heavy atom. The van der Waals surface area contributed by atoms with Crippen molar-refractivity contribution in [1.29, 1.82) is 0 Å². The Morgan fingerprint density at radius 3 is 2.67 bits per heavy atom. The van der Waals surface area contributed by atoms with Crippen molar-refractivity contribution in [2.24, 2.45) is 0 Å². The van der Waals surface area contributed by atoms with Crippen LogP contribution in [0.5, 0.6) is 0 Å². The molecular weight excluding hydrogens is 289 g/mol. The van der Waals surface area contributed by atoms with Gasteiger partial charge in [-0.15, -0.1) is 0 Å². The molecule has 0 unspecified atom stereocenters. The first-order chi connectivity index (χ1) is 6.96. The summed E-state index contributed by atoms with van der Waals surface area (Å²) in [6.45, 7) is -0.512. The molecule has 84 valence electrons. The maximum Gasteiger partial charge on any atom is 0.235 e. The molecule has 4 nitrogen and oxygen atoms in total. The van der Waals surface area contributed by atoms with Gasteiger partial charge >= 0.3 is 0 Å². The van der Waals surface area contributed by atoms with E-state index in [0.29, 0.717) is 4.47 Å². The van der Waals surface area contributed by atoms with Crippen LogP contribution in [-0.4, -0.2) is 25.9 Å². The largest absolute Gasteiger partial charge is 0.395 e. The Hall–Kier alpha value is -0.660. The lowest BCUT2D eigenvalue weighted by molar-refractivity contribution is 0.320. The van der Waals surface area contributed by atoms with E-state index in [1.807, 2.05) is 4.72 Å². The number of benzene rings is 1. The zero-order valence-electron chi connectivity index (χ0n) is 7.57. The van der Waals surface area contributed by atoms with Crippen molar-refractivity contribution in [2.45, 2.75) is 0 Å². The third kappa shape index (κ3) is 3.44. The van der Waals surface area contributed by atoms with Crippen LogP contribution in [0.4, 0.5) is 10.1 Å². The minimum atomic E-state index is -3.70. The second-order valence-electron chi connectivity index (χ2n) is 2.74. The number of hydrogen-bond donors (Lipinski definition) is 2. The number of rotatable bonds is 4. The molecule has 0 saturated heterocycles. The quantitative estimate of drug-likeness (QED) is 0.881. The molecule has 2 N–H and O–H groups in total. The van der Waals surface area contributed by atoms with Gasteiger partial charge in [0.15, 0.2) is 0 Å². The second-order valence-corrected chi connectivity index (χ2v) is 5.44. The Labute approximate surface area is 95.3 Å². The summed E-state index contributed by atoms with van der Waals surface area (Å²) in [6, 6.07) is 4.10. The number of hydrogen-bond acceptors (Lipinski definition) is 3. The molecule has 0 atom stereocenters. The summed E-state index contributed by atoms with van der Waals surface area (Å²) in [5.41, 5.74) is -0.147. The van der Waals surface area contributed by atoms with E-state index in [4.69, 9.17) is 5.11 Å². The third-order valence-electron chi connectivity index (χ3n) is 1.58. The molecule has 0 saturated carbocycles. The lowest BCUT2D eigenvalue weighted by Crippen LogP contribution is -2.19. The molecule has 0 bridgehead atoms. The number of aliphatic hydroxyl groups excluding tert-OH is 1. The zero-order chi connectivity index (χ0) is 11.5. The van der Waals surface area contributed by atoms with E-state index >= 15 is 0 Å². The van der Waals surface area contributed by atoms with Gasteiger partial charge in [0.25, 0.3) is 0 Å². The lowest BCUT2D eigenvalue weighted by Gasteiger charge is -2.09. The summed E-state index contributed by atoms with van der Waals surface area (Å²) in [7, 11) is -3.70. The predicted octanol–water partition coefficient (Wildman–Crippen LogP) is 1.32. The van der Waals surface area contributed by atoms with Crippen LogP contribution in [0.2, 0.25) is 0 Å². The van der Waals surface area contributed by atoms with E-state index < -0.39 is 28.2 Å². The molecule has 1 rings (SSSR count). The number of anilines is 1. The molecule has 1 aromatic rings. The average molecular weight is 298 g/mol. The molecule has 0 radical (unpaired) electrons. The summed E-state index contributed by atoms with van der Waals surface area (Å²) in [5, 5.41) is 8.49. The number of sulfonamides is 1. The average Bonchev–Trinajstić information content (AvgIpc) is 2.11. The van der Waals surface area contributed by atoms with E-state index in [9.17, 15) is 12.8 Å². The minimum Gasteiger partial charge on any atom is -0.395 e. The zero-order valence-corrected chi connectivity index (χ0v) is 9.98. The number of para-hydroxylation sites is 1. The van der Waals surface area contributed by atoms with E-state index in [0.717, 1.165) is 6.07 Å². The van der Waals surface area contributed by atoms with Crippen LogP contribution in [0.25, 0.3) is 0 Å². The molecule has 15 heavy (non-hydrogen) atoms. The summed E-state index contributed by atoms with van der Waals surface area (Å²) in [6.07, 6.45) is 0. The monoisotopic (exact) mass is 297 g/mol. The van der Waals surface area contributed by atoms with E-state index in [1.54, 1.807) is 0 Å². The summed E-state index contributed by atoms with van der Waals surface area (Å²) < 4.78 is 38.0. The van der Waals surface area contributed by atoms with Crippen molar-refractivity contribution < 1.29 is 17.9 Å². The van der Waals surface area contributed by atoms with E-state index in [2.05, 4.69) is 15.9 Å². The summed E-state index contributed by atoms with van der Waals surface area (Å²) >= 11 is 3.02. The normalized spacial score (nSPS) is 11.4. The van der Waals surface area contributed by atoms with Gasteiger partial charge in [0, 0.05) is 4.47 Å². The van der Waals surface area contributed by atoms with Gasteiger partial charge < -0.3 is 5.11 Å². The smallest absolute Gasteiger partial charge is 0.235 e. The van der Waals surface area contributed by atoms with Gasteiger partial charge in [-0.05, 0) is 28.1 Å². The second kappa shape index (κ2) is 4.91. The highest BCUT2D eigenvalue weighted by Crippen LogP contribution is 2.25. The van der Waals surface area contributed by atoms with Gasteiger partial charge in [0.2, 0.25) is 10.0 Å². The third-order valence-corrected chi connectivity index (χ3v) is 3.48. The highest BCUT2D eigenvalue weighted by Gasteiger charge is 2.14. The maximum atomic E-state index is 13.2. The molecule has 0 fully saturated rings. The van der Waals surface area contributed by atoms with Gasteiger partial charge in [-0.25, -0.2) is 12.8 Å². The highest BCUT2D eigenvalue weighted by atomic mass is 79.9. The van der Waals surface area contributed by atoms with Crippen molar-refractivity contribution in [3.05, 3.63) is 28.5 Å². The standard InChI is InChI=1S/C8H9BrFNO3S/c9-6-2-1-3-7(10)8(6)11-15(13,14)5-4-12/h1-3,11-12H,4-5H2. The maximum absolute atomic E-state index is 13.2. The van der Waals surface area contributed by atoms with Gasteiger partial charge in [-0.2, -0.15) is 0 Å². The fraction of sp³-hybridized carbons (Fsp3) is 0.250. The summed E-state index contributed by atoms with van der Waals surface area (Å²) in [5.74, 6) is -1.14. The van der Waals surface area contributed by atoms with E-state index in [1.165, 1.54) is 12.1 Å². The van der Waals surface area contributed by atoms with Crippen LogP contribution in [-0.2, 0) is 10.0 Å². The molecule has 0 aliphatic heterocycles. The van der Waals surface area contributed by atoms with Crippen LogP contribution in [0.3, 0.4) is 0 Å². The summed E-state index contributed by atoms with van der Waals surface area (Å²) in [4.78, 5) is 0. The first-order valence-corrected chi connectivity index (χ1v) is 6.46. The van der Waals surface area contributed by atoms with E-state index in [-0.39, 0.29) is 5.69 Å². The van der Waals surface area contributed by atoms with Crippen LogP contribution in [0, 0.1) is 5.82 Å². The fourth-order valence-electron chi connectivity index (χ4n) is 0.922. The number of halogens is 2. The topological polar surface area (TPSA) is 66.4 Å². The molecule has 0 aliphatic rings. The molecule has 0 aliphatic carbocycles. The highest BCUT2D eigenvalue weighted by molar-refractivity contribution is 9.10. The Bertz CT molecular complexity index is 429. The first-order valence-electron chi connectivity index (χ1n) is 4.01. The van der Waals surface area contributed by atoms with Gasteiger partial charge in [0.05, 0.1) is 18.0 Å². The SMILES string of the molecule is O=S(=O)(CCO)Nc1c(F)cccc1Br. The number of nitrogens with one attached hydrogen (secondary N) is 1. The molecule has 1 aromatic carbocycles. The van der Waals surface area contributed by atoms with Crippen molar-refractivity contribution in [3.63, 3.8) is 0 Å². The molecule has 0 amide bonds. The molecule has 0 aromatic heterocycles. The lowest BCUT2D eigenvalue weighted by atomic mass is 10.3. The van der Waals surface area contributed by atoms with Crippen LogP contribution in [0.1, 0.15) is 0 Å². The molecule has 0 heterocycles. The molecule has 0 spiro atoms. The van der Waals surface area contributed by atoms with Crippen molar-refractivity contribution in [1.82, 2.24) is 0 Å². The number of aliphatic hydroxyl groups is 1. The van der Waals surface area contributed by atoms with Gasteiger partial charge in [-0.1, -0.05) is 6.07 Å². The Morgan fingerprint density at radius 2 is 2.13 bits per heavy atom. The van der Waals surface area contributed by atoms with Crippen molar-refractivity contribution in [3.8, 4) is 0 Å². The Balaban J connectivity index is 2.99. The van der Waals surface area contributed by atoms with Crippen LogP contribution < -0.4 is 4.72 Å². The predicted molar refractivity (Wildman–Crippen MR) is 58.6 cm³/mol. The van der Waals surface area contributed by atoms with Crippen molar-refractivity contribution in [2.75, 3.05) is 17.1 Å².